The normalized spacial score (nSPS) is 19.7. The summed E-state index contributed by atoms with van der Waals surface area (Å²) in [5.41, 5.74) is 2.15. The van der Waals surface area contributed by atoms with Gasteiger partial charge in [0.25, 0.3) is 11.7 Å². The van der Waals surface area contributed by atoms with E-state index in [-0.39, 0.29) is 11.3 Å². The molecule has 0 spiro atoms. The third-order valence-corrected chi connectivity index (χ3v) is 7.15. The van der Waals surface area contributed by atoms with Crippen LogP contribution in [0.25, 0.3) is 5.76 Å². The number of morpholine rings is 1. The second kappa shape index (κ2) is 12.9. The third kappa shape index (κ3) is 6.19. The zero-order chi connectivity index (χ0) is 27.1. The van der Waals surface area contributed by atoms with Crippen LogP contribution in [0.1, 0.15) is 48.9 Å². The van der Waals surface area contributed by atoms with Crippen molar-refractivity contribution in [3.63, 3.8) is 0 Å². The zero-order valence-corrected chi connectivity index (χ0v) is 22.6. The molecular formula is C30H38N2O6. The molecule has 2 aliphatic heterocycles. The Hall–Kier alpha value is -3.36. The van der Waals surface area contributed by atoms with Gasteiger partial charge in [0.2, 0.25) is 0 Å². The van der Waals surface area contributed by atoms with Crippen LogP contribution in [0.4, 0.5) is 0 Å². The topological polar surface area (TPSA) is 88.5 Å². The Balaban J connectivity index is 1.65. The molecule has 0 saturated carbocycles. The summed E-state index contributed by atoms with van der Waals surface area (Å²) >= 11 is 0. The van der Waals surface area contributed by atoms with Gasteiger partial charge in [-0.1, -0.05) is 25.5 Å². The lowest BCUT2D eigenvalue weighted by Gasteiger charge is -2.29. The van der Waals surface area contributed by atoms with E-state index in [1.54, 1.807) is 30.2 Å². The van der Waals surface area contributed by atoms with E-state index in [1.165, 1.54) is 0 Å². The number of ether oxygens (including phenoxy) is 3. The summed E-state index contributed by atoms with van der Waals surface area (Å²) in [6, 6.07) is 12.0. The van der Waals surface area contributed by atoms with Gasteiger partial charge in [-0.25, -0.2) is 0 Å². The highest BCUT2D eigenvalue weighted by atomic mass is 16.5. The van der Waals surface area contributed by atoms with Crippen molar-refractivity contribution in [1.82, 2.24) is 9.80 Å². The number of amides is 1. The van der Waals surface area contributed by atoms with Crippen LogP contribution in [0.5, 0.6) is 11.5 Å². The van der Waals surface area contributed by atoms with Crippen molar-refractivity contribution >= 4 is 17.4 Å². The number of rotatable bonds is 11. The molecular weight excluding hydrogens is 484 g/mol. The van der Waals surface area contributed by atoms with E-state index in [0.717, 1.165) is 49.4 Å². The van der Waals surface area contributed by atoms with Crippen LogP contribution in [0, 0.1) is 6.92 Å². The number of ketones is 1. The Bertz CT molecular complexity index is 1150. The maximum absolute atomic E-state index is 13.3. The third-order valence-electron chi connectivity index (χ3n) is 7.15. The van der Waals surface area contributed by atoms with Gasteiger partial charge in [-0.3, -0.25) is 14.5 Å². The number of aryl methyl sites for hydroxylation is 1. The highest BCUT2D eigenvalue weighted by molar-refractivity contribution is 6.46. The van der Waals surface area contributed by atoms with Crippen LogP contribution in [0.3, 0.4) is 0 Å². The summed E-state index contributed by atoms with van der Waals surface area (Å²) < 4.78 is 16.6. The molecule has 0 aliphatic carbocycles. The van der Waals surface area contributed by atoms with Crippen molar-refractivity contribution in [1.29, 1.82) is 0 Å². The number of Topliss-reactive ketones (excluding diaryl/α,β-unsaturated/α-hetero) is 1. The fourth-order valence-electron chi connectivity index (χ4n) is 5.01. The monoisotopic (exact) mass is 522 g/mol. The van der Waals surface area contributed by atoms with E-state index in [0.29, 0.717) is 44.1 Å². The smallest absolute Gasteiger partial charge is 0.295 e. The fraction of sp³-hybridized carbons (Fsp3) is 0.467. The van der Waals surface area contributed by atoms with Crippen LogP contribution in [-0.4, -0.2) is 79.7 Å². The van der Waals surface area contributed by atoms with Gasteiger partial charge < -0.3 is 24.2 Å². The molecule has 2 aliphatic rings. The lowest BCUT2D eigenvalue weighted by atomic mass is 9.94. The minimum absolute atomic E-state index is 0.102. The summed E-state index contributed by atoms with van der Waals surface area (Å²) in [7, 11) is 1.58. The van der Waals surface area contributed by atoms with Crippen molar-refractivity contribution in [2.24, 2.45) is 0 Å². The van der Waals surface area contributed by atoms with Crippen LogP contribution >= 0.6 is 0 Å². The predicted octanol–water partition coefficient (Wildman–Crippen LogP) is 4.33. The van der Waals surface area contributed by atoms with Gasteiger partial charge in [0.15, 0.2) is 0 Å². The highest BCUT2D eigenvalue weighted by Gasteiger charge is 2.45. The Morgan fingerprint density at radius 3 is 2.45 bits per heavy atom. The maximum atomic E-state index is 13.3. The fourth-order valence-corrected chi connectivity index (χ4v) is 5.01. The number of benzene rings is 2. The molecule has 8 heteroatoms. The Labute approximate surface area is 224 Å². The van der Waals surface area contributed by atoms with Crippen molar-refractivity contribution in [3.8, 4) is 11.5 Å². The minimum Gasteiger partial charge on any atom is -0.507 e. The molecule has 1 amide bonds. The van der Waals surface area contributed by atoms with Gasteiger partial charge in [-0.2, -0.15) is 0 Å². The molecule has 0 aromatic heterocycles. The van der Waals surface area contributed by atoms with Crippen molar-refractivity contribution in [2.75, 3.05) is 53.1 Å². The van der Waals surface area contributed by atoms with Gasteiger partial charge in [-0.15, -0.1) is 0 Å². The Morgan fingerprint density at radius 2 is 1.79 bits per heavy atom. The van der Waals surface area contributed by atoms with E-state index in [9.17, 15) is 14.7 Å². The minimum atomic E-state index is -0.688. The number of unbranched alkanes of at least 4 members (excludes halogenated alkanes) is 1. The first kappa shape index (κ1) is 27.7. The average molecular weight is 523 g/mol. The number of hydrogen-bond donors (Lipinski definition) is 1. The van der Waals surface area contributed by atoms with E-state index in [1.807, 2.05) is 31.2 Å². The molecule has 2 saturated heterocycles. The molecule has 1 unspecified atom stereocenters. The first-order valence-corrected chi connectivity index (χ1v) is 13.4. The Kier molecular flexibility index (Phi) is 9.42. The second-order valence-electron chi connectivity index (χ2n) is 9.76. The molecule has 1 N–H and O–H groups in total. The first-order valence-electron chi connectivity index (χ1n) is 13.4. The average Bonchev–Trinajstić information content (AvgIpc) is 3.19. The summed E-state index contributed by atoms with van der Waals surface area (Å²) in [5.74, 6) is -0.0294. The van der Waals surface area contributed by atoms with Gasteiger partial charge in [0.1, 0.15) is 17.3 Å². The summed E-state index contributed by atoms with van der Waals surface area (Å²) in [5, 5.41) is 11.4. The molecule has 4 rings (SSSR count). The number of hydrogen-bond acceptors (Lipinski definition) is 7. The number of aliphatic hydroxyl groups is 1. The first-order chi connectivity index (χ1) is 18.4. The number of carbonyl (C=O) groups is 2. The molecule has 0 radical (unpaired) electrons. The predicted molar refractivity (Wildman–Crippen MR) is 145 cm³/mol. The number of carbonyl (C=O) groups excluding carboxylic acids is 2. The van der Waals surface area contributed by atoms with Crippen LogP contribution < -0.4 is 9.47 Å². The van der Waals surface area contributed by atoms with Crippen LogP contribution in [0.2, 0.25) is 0 Å². The van der Waals surface area contributed by atoms with Gasteiger partial charge in [0.05, 0.1) is 38.5 Å². The molecule has 0 bridgehead atoms. The highest BCUT2D eigenvalue weighted by Crippen LogP contribution is 2.40. The van der Waals surface area contributed by atoms with Crippen LogP contribution in [0.15, 0.2) is 48.0 Å². The van der Waals surface area contributed by atoms with Gasteiger partial charge >= 0.3 is 0 Å². The van der Waals surface area contributed by atoms with Crippen molar-refractivity contribution < 1.29 is 28.9 Å². The van der Waals surface area contributed by atoms with E-state index >= 15 is 0 Å². The Morgan fingerprint density at radius 1 is 1.05 bits per heavy atom. The van der Waals surface area contributed by atoms with E-state index < -0.39 is 17.7 Å². The second-order valence-corrected chi connectivity index (χ2v) is 9.76. The molecule has 2 aromatic rings. The number of nitrogens with zero attached hydrogens (tertiary/aromatic N) is 2. The SMILES string of the molecule is CCCCOc1ccc(C2C(=C(O)c3ccc(OC)c(C)c3)C(=O)C(=O)N2CCCN2CCOCC2)cc1. The van der Waals surface area contributed by atoms with Crippen molar-refractivity contribution in [2.45, 2.75) is 39.2 Å². The molecule has 1 atom stereocenters. The molecule has 2 aromatic carbocycles. The van der Waals surface area contributed by atoms with Gasteiger partial charge in [-0.05, 0) is 61.2 Å². The summed E-state index contributed by atoms with van der Waals surface area (Å²) in [4.78, 5) is 30.5. The zero-order valence-electron chi connectivity index (χ0n) is 22.6. The quantitative estimate of drug-likeness (QED) is 0.203. The number of methoxy groups -OCH3 is 1. The largest absolute Gasteiger partial charge is 0.507 e. The number of aliphatic hydroxyl groups excluding tert-OH is 1. The van der Waals surface area contributed by atoms with Crippen LogP contribution in [-0.2, 0) is 14.3 Å². The van der Waals surface area contributed by atoms with Crippen molar-refractivity contribution in [3.05, 3.63) is 64.7 Å². The standard InChI is InChI=1S/C30H38N2O6/c1-4-5-17-38-24-10-7-22(8-11-24)27-26(28(33)23-9-12-25(36-3)21(2)20-23)29(34)30(35)32(27)14-6-13-31-15-18-37-19-16-31/h7-12,20,27,33H,4-6,13-19H2,1-3H3. The molecule has 38 heavy (non-hydrogen) atoms. The maximum Gasteiger partial charge on any atom is 0.295 e. The molecule has 2 heterocycles. The summed E-state index contributed by atoms with van der Waals surface area (Å²) in [6.07, 6.45) is 2.72. The van der Waals surface area contributed by atoms with E-state index in [4.69, 9.17) is 14.2 Å². The lowest BCUT2D eigenvalue weighted by Crippen LogP contribution is -2.38. The molecule has 8 nitrogen and oxygen atoms in total. The molecule has 204 valence electrons. The lowest BCUT2D eigenvalue weighted by molar-refractivity contribution is -0.140. The molecule has 2 fully saturated rings. The summed E-state index contributed by atoms with van der Waals surface area (Å²) in [6.45, 7) is 8.95. The van der Waals surface area contributed by atoms with Gasteiger partial charge in [0, 0.05) is 31.7 Å². The number of likely N-dealkylation sites (tertiary alicyclic amines) is 1. The van der Waals surface area contributed by atoms with E-state index in [2.05, 4.69) is 11.8 Å².